The summed E-state index contributed by atoms with van der Waals surface area (Å²) in [5.41, 5.74) is 2.62. The van der Waals surface area contributed by atoms with Crippen LogP contribution in [0, 0.1) is 6.92 Å². The number of amides is 2. The highest BCUT2D eigenvalue weighted by molar-refractivity contribution is 5.95. The summed E-state index contributed by atoms with van der Waals surface area (Å²) < 4.78 is 4.92. The molecule has 1 fully saturated rings. The number of aromatic nitrogens is 2. The van der Waals surface area contributed by atoms with E-state index >= 15 is 0 Å². The first-order chi connectivity index (χ1) is 15.0. The first kappa shape index (κ1) is 21.2. The predicted molar refractivity (Wildman–Crippen MR) is 115 cm³/mol. The number of aryl methyl sites for hydroxylation is 1. The van der Waals surface area contributed by atoms with E-state index in [1.807, 2.05) is 36.1 Å². The van der Waals surface area contributed by atoms with Crippen LogP contribution in [0.1, 0.15) is 58.3 Å². The molecule has 1 unspecified atom stereocenters. The Morgan fingerprint density at radius 2 is 2.03 bits per heavy atom. The summed E-state index contributed by atoms with van der Waals surface area (Å²) in [7, 11) is 1.48. The Kier molecular flexibility index (Phi) is 6.18. The Morgan fingerprint density at radius 3 is 2.81 bits per heavy atom. The van der Waals surface area contributed by atoms with Gasteiger partial charge in [0, 0.05) is 32.2 Å². The number of carbonyl (C=O) groups is 2. The van der Waals surface area contributed by atoms with Crippen molar-refractivity contribution >= 4 is 11.8 Å². The first-order valence-electron chi connectivity index (χ1n) is 10.7. The zero-order valence-corrected chi connectivity index (χ0v) is 18.0. The second kappa shape index (κ2) is 9.01. The Labute approximate surface area is 181 Å². The maximum absolute atomic E-state index is 13.3. The molecule has 2 aromatic rings. The number of piperidine rings is 1. The number of nitrogens with zero attached hydrogens (tertiary/aromatic N) is 3. The SMILES string of the molecule is COCC(=O)N1CCc2nc(C3CCCCN3C(=O)c3ccccc3C)[nH]c(=O)c2C1. The Morgan fingerprint density at radius 1 is 1.23 bits per heavy atom. The molecule has 0 bridgehead atoms. The summed E-state index contributed by atoms with van der Waals surface area (Å²) in [5, 5.41) is 0. The minimum atomic E-state index is -0.257. The van der Waals surface area contributed by atoms with Gasteiger partial charge >= 0.3 is 0 Å². The van der Waals surface area contributed by atoms with Crippen molar-refractivity contribution in [3.05, 3.63) is 62.8 Å². The molecule has 0 saturated carbocycles. The monoisotopic (exact) mass is 424 g/mol. The van der Waals surface area contributed by atoms with Gasteiger partial charge in [0.05, 0.1) is 23.8 Å². The number of fused-ring (bicyclic) bond motifs is 1. The van der Waals surface area contributed by atoms with E-state index in [-0.39, 0.29) is 36.6 Å². The minimum Gasteiger partial charge on any atom is -0.375 e. The summed E-state index contributed by atoms with van der Waals surface area (Å²) in [6, 6.07) is 7.31. The standard InChI is InChI=1S/C23H28N4O4/c1-15-7-3-4-8-16(15)23(30)27-11-6-5-9-19(27)21-24-18-10-12-26(20(28)14-31-2)13-17(18)22(29)25-21/h3-4,7-8,19H,5-6,9-14H2,1-2H3,(H,24,25,29). The highest BCUT2D eigenvalue weighted by atomic mass is 16.5. The molecule has 1 saturated heterocycles. The largest absolute Gasteiger partial charge is 0.375 e. The molecular formula is C23H28N4O4. The molecular weight excluding hydrogens is 396 g/mol. The van der Waals surface area contributed by atoms with Gasteiger partial charge in [-0.1, -0.05) is 18.2 Å². The van der Waals surface area contributed by atoms with Gasteiger partial charge in [-0.15, -0.1) is 0 Å². The van der Waals surface area contributed by atoms with Crippen LogP contribution in [0.25, 0.3) is 0 Å². The van der Waals surface area contributed by atoms with Crippen molar-refractivity contribution in [2.75, 3.05) is 26.8 Å². The van der Waals surface area contributed by atoms with Crippen molar-refractivity contribution < 1.29 is 14.3 Å². The molecule has 8 nitrogen and oxygen atoms in total. The number of nitrogens with one attached hydrogen (secondary N) is 1. The van der Waals surface area contributed by atoms with Crippen molar-refractivity contribution in [1.29, 1.82) is 0 Å². The van der Waals surface area contributed by atoms with Gasteiger partial charge in [0.2, 0.25) is 5.91 Å². The molecule has 1 atom stereocenters. The van der Waals surface area contributed by atoms with Crippen LogP contribution >= 0.6 is 0 Å². The third kappa shape index (κ3) is 4.25. The van der Waals surface area contributed by atoms with E-state index in [1.54, 1.807) is 4.90 Å². The number of ether oxygens (including phenoxy) is 1. The molecule has 164 valence electrons. The smallest absolute Gasteiger partial charge is 0.256 e. The molecule has 4 rings (SSSR count). The van der Waals surface area contributed by atoms with Gasteiger partial charge in [-0.05, 0) is 37.8 Å². The van der Waals surface area contributed by atoms with Gasteiger partial charge < -0.3 is 19.5 Å². The number of hydrogen-bond donors (Lipinski definition) is 1. The fourth-order valence-electron chi connectivity index (χ4n) is 4.46. The van der Waals surface area contributed by atoms with Crippen molar-refractivity contribution in [2.45, 2.75) is 45.2 Å². The molecule has 0 radical (unpaired) electrons. The quantitative estimate of drug-likeness (QED) is 0.810. The van der Waals surface area contributed by atoms with E-state index in [0.717, 1.165) is 24.8 Å². The van der Waals surface area contributed by atoms with Crippen LogP contribution < -0.4 is 5.56 Å². The van der Waals surface area contributed by atoms with E-state index in [2.05, 4.69) is 4.98 Å². The number of methoxy groups -OCH3 is 1. The summed E-state index contributed by atoms with van der Waals surface area (Å²) in [6.45, 7) is 3.30. The Bertz CT molecular complexity index is 1050. The lowest BCUT2D eigenvalue weighted by Gasteiger charge is -2.36. The normalized spacial score (nSPS) is 18.6. The molecule has 8 heteroatoms. The van der Waals surface area contributed by atoms with Gasteiger partial charge in [-0.3, -0.25) is 14.4 Å². The highest BCUT2D eigenvalue weighted by Gasteiger charge is 2.32. The zero-order chi connectivity index (χ0) is 22.0. The first-order valence-corrected chi connectivity index (χ1v) is 10.7. The average Bonchev–Trinajstić information content (AvgIpc) is 2.79. The Hall–Kier alpha value is -3.00. The van der Waals surface area contributed by atoms with Crippen molar-refractivity contribution in [1.82, 2.24) is 19.8 Å². The molecule has 2 aliphatic heterocycles. The molecule has 1 N–H and O–H groups in total. The van der Waals surface area contributed by atoms with E-state index in [9.17, 15) is 14.4 Å². The third-order valence-electron chi connectivity index (χ3n) is 6.16. The molecule has 2 amide bonds. The average molecular weight is 425 g/mol. The number of likely N-dealkylation sites (tertiary alicyclic amines) is 1. The van der Waals surface area contributed by atoms with Gasteiger partial charge in [0.1, 0.15) is 12.4 Å². The van der Waals surface area contributed by atoms with Crippen LogP contribution in [0.3, 0.4) is 0 Å². The maximum atomic E-state index is 13.3. The summed E-state index contributed by atoms with van der Waals surface area (Å²) in [5.74, 6) is 0.375. The van der Waals surface area contributed by atoms with E-state index < -0.39 is 0 Å². The lowest BCUT2D eigenvalue weighted by Crippen LogP contribution is -2.43. The highest BCUT2D eigenvalue weighted by Crippen LogP contribution is 2.31. The van der Waals surface area contributed by atoms with Gasteiger partial charge in [-0.25, -0.2) is 4.98 Å². The minimum absolute atomic E-state index is 0.00318. The molecule has 3 heterocycles. The lowest BCUT2D eigenvalue weighted by molar-refractivity contribution is -0.136. The van der Waals surface area contributed by atoms with Crippen LogP contribution in [-0.4, -0.2) is 58.4 Å². The second-order valence-electron chi connectivity index (χ2n) is 8.20. The van der Waals surface area contributed by atoms with E-state index in [1.165, 1.54) is 7.11 Å². The number of benzene rings is 1. The molecule has 1 aromatic heterocycles. The fraction of sp³-hybridized carbons (Fsp3) is 0.478. The number of rotatable bonds is 4. The molecule has 1 aromatic carbocycles. The third-order valence-corrected chi connectivity index (χ3v) is 6.16. The predicted octanol–water partition coefficient (Wildman–Crippen LogP) is 1.98. The molecule has 0 spiro atoms. The summed E-state index contributed by atoms with van der Waals surface area (Å²) >= 11 is 0. The van der Waals surface area contributed by atoms with Gasteiger partial charge in [0.15, 0.2) is 0 Å². The maximum Gasteiger partial charge on any atom is 0.256 e. The van der Waals surface area contributed by atoms with Crippen LogP contribution in [0.15, 0.2) is 29.1 Å². The topological polar surface area (TPSA) is 95.6 Å². The van der Waals surface area contributed by atoms with Crippen molar-refractivity contribution in [3.8, 4) is 0 Å². The molecule has 0 aliphatic carbocycles. The summed E-state index contributed by atoms with van der Waals surface area (Å²) in [4.78, 5) is 49.5. The van der Waals surface area contributed by atoms with Crippen molar-refractivity contribution in [2.24, 2.45) is 0 Å². The van der Waals surface area contributed by atoms with Crippen LogP contribution in [0.2, 0.25) is 0 Å². The number of hydrogen-bond acceptors (Lipinski definition) is 5. The van der Waals surface area contributed by atoms with E-state index in [0.29, 0.717) is 42.2 Å². The van der Waals surface area contributed by atoms with Crippen LogP contribution in [0.4, 0.5) is 0 Å². The van der Waals surface area contributed by atoms with Crippen LogP contribution in [0.5, 0.6) is 0 Å². The van der Waals surface area contributed by atoms with Gasteiger partial charge in [-0.2, -0.15) is 0 Å². The number of H-pyrrole nitrogens is 1. The lowest BCUT2D eigenvalue weighted by atomic mass is 9.98. The molecule has 31 heavy (non-hydrogen) atoms. The zero-order valence-electron chi connectivity index (χ0n) is 18.0. The Balaban J connectivity index is 1.62. The molecule has 2 aliphatic rings. The number of aromatic amines is 1. The number of carbonyl (C=O) groups excluding carboxylic acids is 2. The van der Waals surface area contributed by atoms with Crippen molar-refractivity contribution in [3.63, 3.8) is 0 Å². The van der Waals surface area contributed by atoms with E-state index in [4.69, 9.17) is 9.72 Å². The van der Waals surface area contributed by atoms with Crippen LogP contribution in [-0.2, 0) is 22.5 Å². The summed E-state index contributed by atoms with van der Waals surface area (Å²) in [6.07, 6.45) is 3.18. The second-order valence-corrected chi connectivity index (χ2v) is 8.20. The van der Waals surface area contributed by atoms with Gasteiger partial charge in [0.25, 0.3) is 11.5 Å². The fourth-order valence-corrected chi connectivity index (χ4v) is 4.46.